The molecule has 0 amide bonds. The summed E-state index contributed by atoms with van der Waals surface area (Å²) in [5.74, 6) is 5.63. The Morgan fingerprint density at radius 1 is 1.41 bits per heavy atom. The number of nitrogens with two attached hydrogens (primary N) is 1. The Morgan fingerprint density at radius 2 is 2.18 bits per heavy atom. The lowest BCUT2D eigenvalue weighted by Crippen LogP contribution is -2.52. The van der Waals surface area contributed by atoms with E-state index in [9.17, 15) is 0 Å². The van der Waals surface area contributed by atoms with Crippen LogP contribution < -0.4 is 11.3 Å². The highest BCUT2D eigenvalue weighted by Gasteiger charge is 2.24. The summed E-state index contributed by atoms with van der Waals surface area (Å²) >= 11 is 0. The second-order valence-electron chi connectivity index (χ2n) is 5.13. The van der Waals surface area contributed by atoms with Gasteiger partial charge in [-0.15, -0.1) is 0 Å². The fourth-order valence-electron chi connectivity index (χ4n) is 2.43. The van der Waals surface area contributed by atoms with Crippen LogP contribution in [0.3, 0.4) is 0 Å². The topological polar surface area (TPSA) is 53.8 Å². The minimum atomic E-state index is 0.393. The zero-order valence-electron chi connectivity index (χ0n) is 11.5. The molecule has 1 aliphatic rings. The first kappa shape index (κ1) is 14.9. The molecule has 5 nitrogen and oxygen atoms in total. The summed E-state index contributed by atoms with van der Waals surface area (Å²) in [4.78, 5) is 4.84. The number of methoxy groups -OCH3 is 1. The molecule has 1 rings (SSSR count). The second kappa shape index (κ2) is 8.00. The van der Waals surface area contributed by atoms with E-state index in [4.69, 9.17) is 10.6 Å². The molecule has 1 saturated heterocycles. The van der Waals surface area contributed by atoms with Gasteiger partial charge in [0.15, 0.2) is 0 Å². The highest BCUT2D eigenvalue weighted by molar-refractivity contribution is 4.82. The number of piperazine rings is 1. The van der Waals surface area contributed by atoms with Crippen molar-refractivity contribution in [2.45, 2.75) is 31.3 Å². The van der Waals surface area contributed by atoms with Gasteiger partial charge in [-0.1, -0.05) is 0 Å². The van der Waals surface area contributed by atoms with Crippen molar-refractivity contribution in [2.75, 3.05) is 47.4 Å². The molecule has 0 saturated carbocycles. The van der Waals surface area contributed by atoms with Gasteiger partial charge in [-0.05, 0) is 33.4 Å². The molecule has 5 heteroatoms. The maximum atomic E-state index is 5.63. The van der Waals surface area contributed by atoms with E-state index in [0.717, 1.165) is 45.5 Å². The van der Waals surface area contributed by atoms with Crippen molar-refractivity contribution in [1.82, 2.24) is 15.2 Å². The molecule has 2 atom stereocenters. The standard InChI is InChI=1S/C12H28N4O/c1-15-6-7-16(2)12(10-15)9-11(14-13)5-4-8-17-3/h11-12,14H,4-10,13H2,1-3H3. The highest BCUT2D eigenvalue weighted by atomic mass is 16.5. The Bertz CT molecular complexity index is 203. The molecule has 1 heterocycles. The smallest absolute Gasteiger partial charge is 0.0462 e. The van der Waals surface area contributed by atoms with Crippen LogP contribution in [0.1, 0.15) is 19.3 Å². The molecule has 0 bridgehead atoms. The van der Waals surface area contributed by atoms with Gasteiger partial charge >= 0.3 is 0 Å². The van der Waals surface area contributed by atoms with E-state index in [0.29, 0.717) is 12.1 Å². The zero-order valence-corrected chi connectivity index (χ0v) is 11.5. The van der Waals surface area contributed by atoms with Gasteiger partial charge in [0, 0.05) is 45.4 Å². The monoisotopic (exact) mass is 244 g/mol. The molecule has 17 heavy (non-hydrogen) atoms. The molecule has 1 aliphatic heterocycles. The third-order valence-corrected chi connectivity index (χ3v) is 3.67. The first-order valence-corrected chi connectivity index (χ1v) is 6.51. The van der Waals surface area contributed by atoms with E-state index in [1.54, 1.807) is 7.11 Å². The molecular formula is C12H28N4O. The summed E-state index contributed by atoms with van der Waals surface area (Å²) < 4.78 is 5.08. The van der Waals surface area contributed by atoms with Crippen LogP contribution in [0.25, 0.3) is 0 Å². The second-order valence-corrected chi connectivity index (χ2v) is 5.13. The lowest BCUT2D eigenvalue weighted by molar-refractivity contribution is 0.0985. The quantitative estimate of drug-likeness (QED) is 0.371. The number of hydrazine groups is 1. The predicted octanol–water partition coefficient (Wildman–Crippen LogP) is -0.119. The van der Waals surface area contributed by atoms with Gasteiger partial charge in [-0.2, -0.15) is 0 Å². The molecular weight excluding hydrogens is 216 g/mol. The minimum Gasteiger partial charge on any atom is -0.385 e. The summed E-state index contributed by atoms with van der Waals surface area (Å²) in [6.45, 7) is 4.27. The van der Waals surface area contributed by atoms with Crippen molar-refractivity contribution >= 4 is 0 Å². The van der Waals surface area contributed by atoms with Gasteiger partial charge in [0.2, 0.25) is 0 Å². The molecule has 0 aromatic carbocycles. The van der Waals surface area contributed by atoms with Crippen LogP contribution in [0.2, 0.25) is 0 Å². The third kappa shape index (κ3) is 5.31. The molecule has 0 radical (unpaired) electrons. The molecule has 3 N–H and O–H groups in total. The van der Waals surface area contributed by atoms with Crippen molar-refractivity contribution in [2.24, 2.45) is 5.84 Å². The van der Waals surface area contributed by atoms with Gasteiger partial charge in [-0.25, -0.2) is 0 Å². The maximum Gasteiger partial charge on any atom is 0.0462 e. The van der Waals surface area contributed by atoms with Crippen LogP contribution in [0, 0.1) is 0 Å². The van der Waals surface area contributed by atoms with Crippen molar-refractivity contribution in [1.29, 1.82) is 0 Å². The molecule has 102 valence electrons. The predicted molar refractivity (Wildman–Crippen MR) is 70.8 cm³/mol. The Hall–Kier alpha value is -0.200. The lowest BCUT2D eigenvalue weighted by Gasteiger charge is -2.39. The van der Waals surface area contributed by atoms with Crippen LogP contribution in [0.4, 0.5) is 0 Å². The fraction of sp³-hybridized carbons (Fsp3) is 1.00. The summed E-state index contributed by atoms with van der Waals surface area (Å²) in [6.07, 6.45) is 3.26. The van der Waals surface area contributed by atoms with Crippen molar-refractivity contribution in [3.63, 3.8) is 0 Å². The number of hydrogen-bond acceptors (Lipinski definition) is 5. The van der Waals surface area contributed by atoms with Crippen molar-refractivity contribution in [3.05, 3.63) is 0 Å². The normalized spacial score (nSPS) is 25.1. The molecule has 2 unspecified atom stereocenters. The Kier molecular flexibility index (Phi) is 6.99. The Labute approximate surface area is 105 Å². The largest absolute Gasteiger partial charge is 0.385 e. The van der Waals surface area contributed by atoms with Crippen molar-refractivity contribution in [3.8, 4) is 0 Å². The van der Waals surface area contributed by atoms with E-state index in [-0.39, 0.29) is 0 Å². The van der Waals surface area contributed by atoms with E-state index < -0.39 is 0 Å². The summed E-state index contributed by atoms with van der Waals surface area (Å²) in [6, 6.07) is 1.00. The van der Waals surface area contributed by atoms with E-state index >= 15 is 0 Å². The number of nitrogens with zero attached hydrogens (tertiary/aromatic N) is 2. The van der Waals surface area contributed by atoms with Crippen LogP contribution >= 0.6 is 0 Å². The van der Waals surface area contributed by atoms with E-state index in [1.807, 2.05) is 0 Å². The number of likely N-dealkylation sites (N-methyl/N-ethyl adjacent to an activating group) is 2. The van der Waals surface area contributed by atoms with Crippen LogP contribution in [-0.2, 0) is 4.74 Å². The highest BCUT2D eigenvalue weighted by Crippen LogP contribution is 2.14. The fourth-order valence-corrected chi connectivity index (χ4v) is 2.43. The molecule has 0 spiro atoms. The Morgan fingerprint density at radius 3 is 2.82 bits per heavy atom. The van der Waals surface area contributed by atoms with Gasteiger partial charge in [0.1, 0.15) is 0 Å². The SMILES string of the molecule is COCCCC(CC1CN(C)CCN1C)NN. The maximum absolute atomic E-state index is 5.63. The van der Waals surface area contributed by atoms with Crippen LogP contribution in [0.5, 0.6) is 0 Å². The van der Waals surface area contributed by atoms with Gasteiger partial charge in [-0.3, -0.25) is 11.3 Å². The first-order valence-electron chi connectivity index (χ1n) is 6.51. The zero-order chi connectivity index (χ0) is 12.7. The van der Waals surface area contributed by atoms with Gasteiger partial charge in [0.05, 0.1) is 0 Å². The van der Waals surface area contributed by atoms with Crippen LogP contribution in [0.15, 0.2) is 0 Å². The molecule has 0 aliphatic carbocycles. The average Bonchev–Trinajstić information content (AvgIpc) is 2.32. The molecule has 0 aromatic heterocycles. The summed E-state index contributed by atoms with van der Waals surface area (Å²) in [5, 5.41) is 0. The van der Waals surface area contributed by atoms with Crippen LogP contribution in [-0.4, -0.2) is 69.3 Å². The van der Waals surface area contributed by atoms with E-state index in [1.165, 1.54) is 0 Å². The molecule has 0 aromatic rings. The van der Waals surface area contributed by atoms with Crippen molar-refractivity contribution < 1.29 is 4.74 Å². The van der Waals surface area contributed by atoms with Gasteiger partial charge < -0.3 is 14.5 Å². The third-order valence-electron chi connectivity index (χ3n) is 3.67. The Balaban J connectivity index is 2.32. The summed E-state index contributed by atoms with van der Waals surface area (Å²) in [5.41, 5.74) is 2.94. The number of nitrogens with one attached hydrogen (secondary N) is 1. The lowest BCUT2D eigenvalue weighted by atomic mass is 10.0. The van der Waals surface area contributed by atoms with E-state index in [2.05, 4.69) is 29.3 Å². The number of ether oxygens (including phenoxy) is 1. The first-order chi connectivity index (χ1) is 8.17. The number of hydrogen-bond donors (Lipinski definition) is 2. The average molecular weight is 244 g/mol. The van der Waals surface area contributed by atoms with Gasteiger partial charge in [0.25, 0.3) is 0 Å². The summed E-state index contributed by atoms with van der Waals surface area (Å²) in [7, 11) is 6.14. The number of rotatable bonds is 7. The minimum absolute atomic E-state index is 0.393. The molecule has 1 fully saturated rings.